The predicted octanol–water partition coefficient (Wildman–Crippen LogP) is 6.24. The molecule has 1 N–H and O–H groups in total. The number of fused-ring (bicyclic) bond motifs is 1. The SMILES string of the molecule is COC(=O)N1CCN(c2cccc(Cn3c(C(=O)O)c(-c4ccc(C(C)(C)C)cc4)c4ccccc43)c2)CC1. The highest BCUT2D eigenvalue weighted by molar-refractivity contribution is 6.08. The molecule has 0 radical (unpaired) electrons. The molecule has 0 bridgehead atoms. The van der Waals surface area contributed by atoms with Crippen molar-refractivity contribution in [1.29, 1.82) is 0 Å². The highest BCUT2D eigenvalue weighted by Gasteiger charge is 2.25. The third-order valence-electron chi connectivity index (χ3n) is 7.54. The van der Waals surface area contributed by atoms with Gasteiger partial charge in [0.2, 0.25) is 0 Å². The van der Waals surface area contributed by atoms with Gasteiger partial charge in [-0.05, 0) is 40.3 Å². The molecule has 1 saturated heterocycles. The molecule has 39 heavy (non-hydrogen) atoms. The molecule has 0 unspecified atom stereocenters. The van der Waals surface area contributed by atoms with Gasteiger partial charge in [-0.25, -0.2) is 9.59 Å². The largest absolute Gasteiger partial charge is 0.477 e. The molecule has 0 aliphatic carbocycles. The summed E-state index contributed by atoms with van der Waals surface area (Å²) in [7, 11) is 1.40. The molecule has 0 saturated carbocycles. The zero-order valence-corrected chi connectivity index (χ0v) is 23.0. The normalized spacial score (nSPS) is 14.1. The minimum Gasteiger partial charge on any atom is -0.477 e. The molecule has 4 aromatic rings. The molecule has 1 aromatic heterocycles. The first kappa shape index (κ1) is 26.4. The summed E-state index contributed by atoms with van der Waals surface area (Å²) in [6, 6.07) is 24.4. The van der Waals surface area contributed by atoms with Crippen LogP contribution in [0.5, 0.6) is 0 Å². The first-order valence-corrected chi connectivity index (χ1v) is 13.3. The second kappa shape index (κ2) is 10.5. The lowest BCUT2D eigenvalue weighted by Crippen LogP contribution is -2.48. The fourth-order valence-electron chi connectivity index (χ4n) is 5.43. The summed E-state index contributed by atoms with van der Waals surface area (Å²) in [6.07, 6.45) is -0.298. The lowest BCUT2D eigenvalue weighted by atomic mass is 9.86. The van der Waals surface area contributed by atoms with E-state index >= 15 is 0 Å². The first-order valence-electron chi connectivity index (χ1n) is 13.3. The number of anilines is 1. The quantitative estimate of drug-likeness (QED) is 0.334. The zero-order chi connectivity index (χ0) is 27.7. The highest BCUT2D eigenvalue weighted by atomic mass is 16.5. The van der Waals surface area contributed by atoms with Crippen LogP contribution in [0.25, 0.3) is 22.0 Å². The Hall–Kier alpha value is -4.26. The van der Waals surface area contributed by atoms with Crippen molar-refractivity contribution in [2.45, 2.75) is 32.7 Å². The predicted molar refractivity (Wildman–Crippen MR) is 155 cm³/mol. The summed E-state index contributed by atoms with van der Waals surface area (Å²) in [5.41, 5.74) is 6.11. The van der Waals surface area contributed by atoms with Crippen molar-refractivity contribution >= 4 is 28.7 Å². The van der Waals surface area contributed by atoms with Crippen molar-refractivity contribution in [2.75, 3.05) is 38.2 Å². The molecule has 7 nitrogen and oxygen atoms in total. The maximum absolute atomic E-state index is 12.8. The number of benzene rings is 3. The monoisotopic (exact) mass is 525 g/mol. The van der Waals surface area contributed by atoms with Crippen molar-refractivity contribution in [3.63, 3.8) is 0 Å². The number of carboxylic acids is 1. The van der Waals surface area contributed by atoms with E-state index in [1.807, 2.05) is 53.1 Å². The smallest absolute Gasteiger partial charge is 0.409 e. The Kier molecular flexibility index (Phi) is 7.08. The number of rotatable bonds is 5. The summed E-state index contributed by atoms with van der Waals surface area (Å²) in [5.74, 6) is -0.948. The van der Waals surface area contributed by atoms with Gasteiger partial charge in [0.25, 0.3) is 0 Å². The number of carbonyl (C=O) groups is 2. The number of aromatic carboxylic acids is 1. The minimum absolute atomic E-state index is 0.0130. The number of hydrogen-bond acceptors (Lipinski definition) is 4. The minimum atomic E-state index is -0.948. The standard InChI is InChI=1S/C32H35N3O4/c1-32(2,3)24-14-12-23(13-15-24)28-26-10-5-6-11-27(26)35(29(28)30(36)37)21-22-8-7-9-25(20-22)33-16-18-34(19-17-33)31(38)39-4/h5-15,20H,16-19,21H2,1-4H3,(H,36,37). The number of piperazine rings is 1. The van der Waals surface area contributed by atoms with Crippen molar-refractivity contribution in [2.24, 2.45) is 0 Å². The summed E-state index contributed by atoms with van der Waals surface area (Å²) < 4.78 is 6.77. The van der Waals surface area contributed by atoms with Crippen LogP contribution in [0.4, 0.5) is 10.5 Å². The van der Waals surface area contributed by atoms with Gasteiger partial charge in [0, 0.05) is 54.9 Å². The fraction of sp³-hybridized carbons (Fsp3) is 0.312. The average Bonchev–Trinajstić information content (AvgIpc) is 3.27. The van der Waals surface area contributed by atoms with Crippen LogP contribution in [0.15, 0.2) is 72.8 Å². The van der Waals surface area contributed by atoms with Crippen LogP contribution in [0.1, 0.15) is 42.4 Å². The summed E-state index contributed by atoms with van der Waals surface area (Å²) in [6.45, 7) is 9.55. The first-order chi connectivity index (χ1) is 18.7. The van der Waals surface area contributed by atoms with Crippen molar-refractivity contribution in [1.82, 2.24) is 9.47 Å². The van der Waals surface area contributed by atoms with Crippen LogP contribution in [-0.4, -0.2) is 59.9 Å². The molecule has 5 rings (SSSR count). The molecule has 1 amide bonds. The number of amides is 1. The van der Waals surface area contributed by atoms with E-state index in [-0.39, 0.29) is 17.2 Å². The zero-order valence-electron chi connectivity index (χ0n) is 23.0. The van der Waals surface area contributed by atoms with Gasteiger partial charge in [-0.2, -0.15) is 0 Å². The Bertz CT molecular complexity index is 1510. The molecule has 3 aromatic carbocycles. The summed E-state index contributed by atoms with van der Waals surface area (Å²) in [4.78, 5) is 28.6. The molecule has 202 valence electrons. The van der Waals surface area contributed by atoms with E-state index in [0.29, 0.717) is 32.7 Å². The molecule has 2 heterocycles. The van der Waals surface area contributed by atoms with Gasteiger partial charge in [-0.1, -0.05) is 75.4 Å². The average molecular weight is 526 g/mol. The maximum Gasteiger partial charge on any atom is 0.409 e. The number of carboxylic acid groups (broad SMARTS) is 1. The fourth-order valence-corrected chi connectivity index (χ4v) is 5.43. The Labute approximate surface area is 229 Å². The van der Waals surface area contributed by atoms with Crippen LogP contribution < -0.4 is 4.90 Å². The van der Waals surface area contributed by atoms with E-state index in [1.54, 1.807) is 4.90 Å². The molecule has 1 fully saturated rings. The van der Waals surface area contributed by atoms with Crippen molar-refractivity contribution < 1.29 is 19.4 Å². The molecule has 1 aliphatic heterocycles. The third kappa shape index (κ3) is 5.21. The Morgan fingerprint density at radius 1 is 0.897 bits per heavy atom. The number of ether oxygens (including phenoxy) is 1. The van der Waals surface area contributed by atoms with Crippen molar-refractivity contribution in [3.8, 4) is 11.1 Å². The summed E-state index contributed by atoms with van der Waals surface area (Å²) in [5, 5.41) is 11.4. The van der Waals surface area contributed by atoms with Crippen LogP contribution in [0.3, 0.4) is 0 Å². The van der Waals surface area contributed by atoms with Gasteiger partial charge in [-0.3, -0.25) is 0 Å². The second-order valence-corrected chi connectivity index (χ2v) is 11.1. The molecular formula is C32H35N3O4. The summed E-state index contributed by atoms with van der Waals surface area (Å²) >= 11 is 0. The second-order valence-electron chi connectivity index (χ2n) is 11.1. The van der Waals surface area contributed by atoms with Gasteiger partial charge in [0.05, 0.1) is 7.11 Å². The Morgan fingerprint density at radius 3 is 2.23 bits per heavy atom. The van der Waals surface area contributed by atoms with E-state index in [4.69, 9.17) is 4.74 Å². The molecule has 7 heteroatoms. The number of aromatic nitrogens is 1. The van der Waals surface area contributed by atoms with Gasteiger partial charge in [-0.15, -0.1) is 0 Å². The van der Waals surface area contributed by atoms with Gasteiger partial charge in [0.15, 0.2) is 0 Å². The number of para-hydroxylation sites is 1. The Balaban J connectivity index is 1.51. The highest BCUT2D eigenvalue weighted by Crippen LogP contribution is 2.37. The topological polar surface area (TPSA) is 75.0 Å². The molecule has 0 spiro atoms. The molecular weight excluding hydrogens is 490 g/mol. The Morgan fingerprint density at radius 2 is 1.59 bits per heavy atom. The number of nitrogens with zero attached hydrogens (tertiary/aromatic N) is 3. The van der Waals surface area contributed by atoms with Crippen LogP contribution >= 0.6 is 0 Å². The van der Waals surface area contributed by atoms with Gasteiger partial charge < -0.3 is 24.2 Å². The molecule has 1 aliphatic rings. The van der Waals surface area contributed by atoms with Crippen LogP contribution in [-0.2, 0) is 16.7 Å². The van der Waals surface area contributed by atoms with Crippen LogP contribution in [0, 0.1) is 0 Å². The van der Waals surface area contributed by atoms with E-state index < -0.39 is 5.97 Å². The maximum atomic E-state index is 12.8. The van der Waals surface area contributed by atoms with Crippen molar-refractivity contribution in [3.05, 3.63) is 89.6 Å². The number of carbonyl (C=O) groups excluding carboxylic acids is 1. The molecule has 0 atom stereocenters. The van der Waals surface area contributed by atoms with Gasteiger partial charge in [0.1, 0.15) is 5.69 Å². The van der Waals surface area contributed by atoms with E-state index in [9.17, 15) is 14.7 Å². The van der Waals surface area contributed by atoms with Crippen LogP contribution in [0.2, 0.25) is 0 Å². The third-order valence-corrected chi connectivity index (χ3v) is 7.54. The number of methoxy groups -OCH3 is 1. The number of hydrogen-bond donors (Lipinski definition) is 1. The lowest BCUT2D eigenvalue weighted by Gasteiger charge is -2.35. The van der Waals surface area contributed by atoms with E-state index in [1.165, 1.54) is 12.7 Å². The lowest BCUT2D eigenvalue weighted by molar-refractivity contribution is 0.0687. The van der Waals surface area contributed by atoms with E-state index in [0.717, 1.165) is 33.3 Å². The van der Waals surface area contributed by atoms with Gasteiger partial charge >= 0.3 is 12.1 Å². The van der Waals surface area contributed by atoms with E-state index in [2.05, 4.69) is 49.9 Å².